The number of aromatic amines is 1. The Hall–Kier alpha value is -2.03. The molecule has 2 rings (SSSR count). The van der Waals surface area contributed by atoms with E-state index in [9.17, 15) is 4.79 Å². The predicted molar refractivity (Wildman–Crippen MR) is 55.0 cm³/mol. The van der Waals surface area contributed by atoms with Gasteiger partial charge < -0.3 is 10.1 Å². The van der Waals surface area contributed by atoms with E-state index >= 15 is 0 Å². The van der Waals surface area contributed by atoms with E-state index in [-0.39, 0.29) is 5.57 Å². The van der Waals surface area contributed by atoms with Crippen LogP contribution in [0, 0.1) is 0 Å². The molecule has 0 radical (unpaired) electrons. The average Bonchev–Trinajstić information content (AvgIpc) is 2.63. The van der Waals surface area contributed by atoms with Crippen molar-refractivity contribution in [1.29, 1.82) is 0 Å². The fourth-order valence-electron chi connectivity index (χ4n) is 1.46. The third kappa shape index (κ3) is 1.19. The van der Waals surface area contributed by atoms with Crippen LogP contribution in [0.1, 0.15) is 5.56 Å². The standard InChI is InChI=1S/C11H9NO2/c1-7(11(13)14)8-3-2-4-10-9(8)5-6-12-10/h2-6,12H,1H2,(H,13,14). The van der Waals surface area contributed by atoms with Gasteiger partial charge in [-0.3, -0.25) is 0 Å². The van der Waals surface area contributed by atoms with Gasteiger partial charge in [0.1, 0.15) is 0 Å². The van der Waals surface area contributed by atoms with E-state index in [4.69, 9.17) is 5.11 Å². The smallest absolute Gasteiger partial charge is 0.335 e. The number of carboxylic acids is 1. The minimum absolute atomic E-state index is 0.121. The van der Waals surface area contributed by atoms with Crippen LogP contribution >= 0.6 is 0 Å². The van der Waals surface area contributed by atoms with Crippen molar-refractivity contribution in [2.75, 3.05) is 0 Å². The summed E-state index contributed by atoms with van der Waals surface area (Å²) in [5, 5.41) is 9.71. The number of rotatable bonds is 2. The summed E-state index contributed by atoms with van der Waals surface area (Å²) in [5.41, 5.74) is 1.70. The number of aliphatic carboxylic acids is 1. The minimum atomic E-state index is -0.987. The number of carboxylic acid groups (broad SMARTS) is 1. The highest BCUT2D eigenvalue weighted by molar-refractivity contribution is 6.18. The number of benzene rings is 1. The van der Waals surface area contributed by atoms with Gasteiger partial charge in [0.05, 0.1) is 5.57 Å². The molecule has 0 unspecified atom stereocenters. The number of fused-ring (bicyclic) bond motifs is 1. The zero-order chi connectivity index (χ0) is 10.1. The van der Waals surface area contributed by atoms with Crippen LogP contribution in [0.2, 0.25) is 0 Å². The van der Waals surface area contributed by atoms with Crippen molar-refractivity contribution in [1.82, 2.24) is 4.98 Å². The summed E-state index contributed by atoms with van der Waals surface area (Å²) in [7, 11) is 0. The molecule has 0 aliphatic heterocycles. The Balaban J connectivity index is 2.67. The number of aromatic nitrogens is 1. The molecule has 0 saturated heterocycles. The molecular formula is C11H9NO2. The molecule has 3 nitrogen and oxygen atoms in total. The van der Waals surface area contributed by atoms with Gasteiger partial charge in [-0.1, -0.05) is 18.7 Å². The molecule has 0 saturated carbocycles. The molecule has 0 aliphatic rings. The van der Waals surface area contributed by atoms with E-state index in [1.54, 1.807) is 12.3 Å². The van der Waals surface area contributed by atoms with Gasteiger partial charge in [0.15, 0.2) is 0 Å². The van der Waals surface area contributed by atoms with Crippen LogP contribution in [-0.2, 0) is 4.79 Å². The third-order valence-corrected chi connectivity index (χ3v) is 2.18. The molecule has 0 spiro atoms. The molecule has 14 heavy (non-hydrogen) atoms. The highest BCUT2D eigenvalue weighted by Crippen LogP contribution is 2.23. The largest absolute Gasteiger partial charge is 0.478 e. The normalized spacial score (nSPS) is 10.3. The van der Waals surface area contributed by atoms with Crippen LogP contribution in [0.5, 0.6) is 0 Å². The molecule has 1 aromatic heterocycles. The van der Waals surface area contributed by atoms with Crippen LogP contribution < -0.4 is 0 Å². The summed E-state index contributed by atoms with van der Waals surface area (Å²) in [6.45, 7) is 3.54. The van der Waals surface area contributed by atoms with E-state index in [1.807, 2.05) is 18.2 Å². The van der Waals surface area contributed by atoms with Crippen molar-refractivity contribution in [3.05, 3.63) is 42.6 Å². The molecule has 0 bridgehead atoms. The summed E-state index contributed by atoms with van der Waals surface area (Å²) < 4.78 is 0. The third-order valence-electron chi connectivity index (χ3n) is 2.18. The van der Waals surface area contributed by atoms with Gasteiger partial charge >= 0.3 is 5.97 Å². The quantitative estimate of drug-likeness (QED) is 0.708. The SMILES string of the molecule is C=C(C(=O)O)c1cccc2[nH]ccc12. The average molecular weight is 187 g/mol. The fourth-order valence-corrected chi connectivity index (χ4v) is 1.46. The number of nitrogens with one attached hydrogen (secondary N) is 1. The van der Waals surface area contributed by atoms with Crippen molar-refractivity contribution in [3.63, 3.8) is 0 Å². The summed E-state index contributed by atoms with van der Waals surface area (Å²) in [4.78, 5) is 13.8. The lowest BCUT2D eigenvalue weighted by Crippen LogP contribution is -1.97. The molecular weight excluding hydrogens is 178 g/mol. The maximum Gasteiger partial charge on any atom is 0.335 e. The molecule has 0 aliphatic carbocycles. The summed E-state index contributed by atoms with van der Waals surface area (Å²) >= 11 is 0. The summed E-state index contributed by atoms with van der Waals surface area (Å²) in [6.07, 6.45) is 1.78. The summed E-state index contributed by atoms with van der Waals surface area (Å²) in [5.74, 6) is -0.987. The Labute approximate surface area is 80.7 Å². The summed E-state index contributed by atoms with van der Waals surface area (Å²) in [6, 6.07) is 7.31. The van der Waals surface area contributed by atoms with Gasteiger partial charge in [-0.25, -0.2) is 4.79 Å². The molecule has 1 heterocycles. The fraction of sp³-hybridized carbons (Fsp3) is 0. The van der Waals surface area contributed by atoms with Crippen LogP contribution in [-0.4, -0.2) is 16.1 Å². The molecule has 0 amide bonds. The van der Waals surface area contributed by atoms with Crippen molar-refractivity contribution < 1.29 is 9.90 Å². The van der Waals surface area contributed by atoms with Gasteiger partial charge in [-0.2, -0.15) is 0 Å². The van der Waals surface area contributed by atoms with Crippen molar-refractivity contribution in [2.45, 2.75) is 0 Å². The van der Waals surface area contributed by atoms with E-state index in [1.165, 1.54) is 0 Å². The highest BCUT2D eigenvalue weighted by Gasteiger charge is 2.10. The van der Waals surface area contributed by atoms with E-state index in [2.05, 4.69) is 11.6 Å². The lowest BCUT2D eigenvalue weighted by Gasteiger charge is -2.01. The first-order valence-electron chi connectivity index (χ1n) is 4.19. The van der Waals surface area contributed by atoms with Gasteiger partial charge in [-0.15, -0.1) is 0 Å². The lowest BCUT2D eigenvalue weighted by molar-refractivity contribution is -0.130. The maximum absolute atomic E-state index is 10.8. The van der Waals surface area contributed by atoms with Gasteiger partial charge in [-0.05, 0) is 17.7 Å². The van der Waals surface area contributed by atoms with Crippen molar-refractivity contribution in [2.24, 2.45) is 0 Å². The van der Waals surface area contributed by atoms with Gasteiger partial charge in [0.25, 0.3) is 0 Å². The molecule has 3 heteroatoms. The molecule has 1 aromatic carbocycles. The second kappa shape index (κ2) is 3.03. The van der Waals surface area contributed by atoms with Crippen LogP contribution in [0.15, 0.2) is 37.0 Å². The molecule has 2 N–H and O–H groups in total. The Morgan fingerprint density at radius 1 is 1.36 bits per heavy atom. The molecule has 0 atom stereocenters. The first-order chi connectivity index (χ1) is 6.70. The van der Waals surface area contributed by atoms with E-state index < -0.39 is 5.97 Å². The topological polar surface area (TPSA) is 53.1 Å². The van der Waals surface area contributed by atoms with Gasteiger partial charge in [0, 0.05) is 17.1 Å². The number of H-pyrrole nitrogens is 1. The second-order valence-corrected chi connectivity index (χ2v) is 3.03. The highest BCUT2D eigenvalue weighted by atomic mass is 16.4. The monoisotopic (exact) mass is 187 g/mol. The zero-order valence-electron chi connectivity index (χ0n) is 7.45. The number of carbonyl (C=O) groups is 1. The maximum atomic E-state index is 10.8. The molecule has 2 aromatic rings. The van der Waals surface area contributed by atoms with E-state index in [0.717, 1.165) is 10.9 Å². The first-order valence-corrected chi connectivity index (χ1v) is 4.19. The van der Waals surface area contributed by atoms with Gasteiger partial charge in [0.2, 0.25) is 0 Å². The predicted octanol–water partition coefficient (Wildman–Crippen LogP) is 2.27. The molecule has 0 fully saturated rings. The Morgan fingerprint density at radius 2 is 2.14 bits per heavy atom. The second-order valence-electron chi connectivity index (χ2n) is 3.03. The Kier molecular flexibility index (Phi) is 1.85. The lowest BCUT2D eigenvalue weighted by atomic mass is 10.0. The number of hydrogen-bond donors (Lipinski definition) is 2. The van der Waals surface area contributed by atoms with Crippen molar-refractivity contribution in [3.8, 4) is 0 Å². The minimum Gasteiger partial charge on any atom is -0.478 e. The first kappa shape index (κ1) is 8.56. The van der Waals surface area contributed by atoms with Crippen LogP contribution in [0.4, 0.5) is 0 Å². The number of hydrogen-bond acceptors (Lipinski definition) is 1. The Bertz CT molecular complexity index is 511. The zero-order valence-corrected chi connectivity index (χ0v) is 7.45. The van der Waals surface area contributed by atoms with Crippen molar-refractivity contribution >= 4 is 22.4 Å². The van der Waals surface area contributed by atoms with Crippen LogP contribution in [0.3, 0.4) is 0 Å². The van der Waals surface area contributed by atoms with Crippen LogP contribution in [0.25, 0.3) is 16.5 Å². The Morgan fingerprint density at radius 3 is 2.86 bits per heavy atom. The van der Waals surface area contributed by atoms with E-state index in [0.29, 0.717) is 5.56 Å². The molecule has 70 valence electrons.